The lowest BCUT2D eigenvalue weighted by Crippen LogP contribution is -2.36. The van der Waals surface area contributed by atoms with Crippen molar-refractivity contribution >= 4 is 23.1 Å². The fourth-order valence-corrected chi connectivity index (χ4v) is 1.93. The minimum absolute atomic E-state index is 0.0197. The third-order valence-corrected chi connectivity index (χ3v) is 3.40. The number of carbonyl (C=O) groups is 1. The summed E-state index contributed by atoms with van der Waals surface area (Å²) in [5.74, 6) is -0.243. The van der Waals surface area contributed by atoms with Gasteiger partial charge in [0.2, 0.25) is 5.91 Å². The van der Waals surface area contributed by atoms with Crippen molar-refractivity contribution in [3.63, 3.8) is 0 Å². The first kappa shape index (κ1) is 13.2. The quantitative estimate of drug-likeness (QED) is 0.329. The summed E-state index contributed by atoms with van der Waals surface area (Å²) in [4.78, 5) is 14.1. The Balaban J connectivity index is 2.14. The van der Waals surface area contributed by atoms with Crippen LogP contribution in [0.1, 0.15) is 12.8 Å². The van der Waals surface area contributed by atoms with Gasteiger partial charge >= 0.3 is 0 Å². The van der Waals surface area contributed by atoms with Gasteiger partial charge in [0.1, 0.15) is 5.41 Å². The Hall–Kier alpha value is -2.24. The Morgan fingerprint density at radius 3 is 2.68 bits per heavy atom. The highest BCUT2D eigenvalue weighted by Gasteiger charge is 2.54. The Kier molecular flexibility index (Phi) is 3.33. The van der Waals surface area contributed by atoms with Crippen molar-refractivity contribution in [1.29, 1.82) is 0 Å². The van der Waals surface area contributed by atoms with Gasteiger partial charge in [-0.25, -0.2) is 0 Å². The van der Waals surface area contributed by atoms with Crippen LogP contribution in [-0.4, -0.2) is 31.0 Å². The average Bonchev–Trinajstić information content (AvgIpc) is 3.19. The topological polar surface area (TPSA) is 91.0 Å². The minimum atomic E-state index is -0.830. The van der Waals surface area contributed by atoms with Gasteiger partial charge in [-0.2, -0.15) is 0 Å². The smallest absolute Gasteiger partial charge is 0.238 e. The van der Waals surface area contributed by atoms with E-state index < -0.39 is 5.41 Å². The van der Waals surface area contributed by atoms with Crippen molar-refractivity contribution < 1.29 is 10.0 Å². The highest BCUT2D eigenvalue weighted by atomic mass is 16.4. The summed E-state index contributed by atoms with van der Waals surface area (Å²) in [6.45, 7) is 0. The molecule has 1 aromatic carbocycles. The van der Waals surface area contributed by atoms with E-state index in [2.05, 4.69) is 10.5 Å². The number of amides is 1. The molecule has 1 aromatic rings. The summed E-state index contributed by atoms with van der Waals surface area (Å²) in [6, 6.07) is 7.51. The van der Waals surface area contributed by atoms with E-state index in [0.29, 0.717) is 18.5 Å². The fourth-order valence-electron chi connectivity index (χ4n) is 1.93. The highest BCUT2D eigenvalue weighted by Crippen LogP contribution is 2.46. The van der Waals surface area contributed by atoms with E-state index in [1.54, 1.807) is 0 Å². The predicted molar refractivity (Wildman–Crippen MR) is 74.5 cm³/mol. The van der Waals surface area contributed by atoms with Crippen LogP contribution >= 0.6 is 0 Å². The number of oxime groups is 1. The van der Waals surface area contributed by atoms with Crippen molar-refractivity contribution in [2.24, 2.45) is 16.3 Å². The Bertz CT molecular complexity index is 521. The van der Waals surface area contributed by atoms with E-state index in [9.17, 15) is 4.79 Å². The monoisotopic (exact) mass is 262 g/mol. The lowest BCUT2D eigenvalue weighted by molar-refractivity contribution is -0.119. The van der Waals surface area contributed by atoms with Crippen LogP contribution in [0.25, 0.3) is 0 Å². The second-order valence-electron chi connectivity index (χ2n) is 4.97. The molecule has 0 radical (unpaired) electrons. The van der Waals surface area contributed by atoms with Crippen LogP contribution in [0, 0.1) is 5.41 Å². The Morgan fingerprint density at radius 2 is 2.16 bits per heavy atom. The van der Waals surface area contributed by atoms with Crippen molar-refractivity contribution in [2.75, 3.05) is 24.3 Å². The first-order valence-electron chi connectivity index (χ1n) is 6.06. The molecule has 0 spiro atoms. The molecule has 19 heavy (non-hydrogen) atoms. The van der Waals surface area contributed by atoms with Crippen molar-refractivity contribution in [2.45, 2.75) is 12.8 Å². The first-order chi connectivity index (χ1) is 8.99. The number of hydrogen-bond donors (Lipinski definition) is 3. The number of nitrogens with zero attached hydrogens (tertiary/aromatic N) is 2. The third-order valence-electron chi connectivity index (χ3n) is 3.40. The molecule has 1 fully saturated rings. The normalized spacial score (nSPS) is 16.8. The van der Waals surface area contributed by atoms with Crippen LogP contribution < -0.4 is 16.0 Å². The molecule has 0 aliphatic heterocycles. The summed E-state index contributed by atoms with van der Waals surface area (Å²) in [5, 5.41) is 14.5. The molecular weight excluding hydrogens is 244 g/mol. The fraction of sp³-hybridized carbons (Fsp3) is 0.385. The Labute approximate surface area is 111 Å². The van der Waals surface area contributed by atoms with Gasteiger partial charge in [-0.05, 0) is 31.0 Å². The molecule has 0 saturated heterocycles. The molecular formula is C13H18N4O2. The molecule has 1 saturated carbocycles. The van der Waals surface area contributed by atoms with Crippen LogP contribution in [0.2, 0.25) is 0 Å². The van der Waals surface area contributed by atoms with E-state index >= 15 is 0 Å². The molecule has 4 N–H and O–H groups in total. The molecule has 6 nitrogen and oxygen atoms in total. The molecule has 2 rings (SSSR count). The van der Waals surface area contributed by atoms with Gasteiger partial charge in [0, 0.05) is 25.5 Å². The molecule has 6 heteroatoms. The maximum absolute atomic E-state index is 12.2. The summed E-state index contributed by atoms with van der Waals surface area (Å²) in [7, 11) is 3.86. The predicted octanol–water partition coefficient (Wildman–Crippen LogP) is 1.22. The van der Waals surface area contributed by atoms with Crippen molar-refractivity contribution in [3.05, 3.63) is 24.3 Å². The summed E-state index contributed by atoms with van der Waals surface area (Å²) >= 11 is 0. The lowest BCUT2D eigenvalue weighted by Gasteiger charge is -2.16. The molecule has 0 unspecified atom stereocenters. The molecule has 1 aliphatic carbocycles. The number of rotatable bonds is 4. The number of benzene rings is 1. The zero-order chi connectivity index (χ0) is 14.0. The van der Waals surface area contributed by atoms with Crippen molar-refractivity contribution in [1.82, 2.24) is 0 Å². The maximum Gasteiger partial charge on any atom is 0.238 e. The van der Waals surface area contributed by atoms with Gasteiger partial charge < -0.3 is 21.2 Å². The summed E-state index contributed by atoms with van der Waals surface area (Å²) in [6.07, 6.45) is 1.23. The number of nitrogens with one attached hydrogen (secondary N) is 1. The molecule has 102 valence electrons. The van der Waals surface area contributed by atoms with Gasteiger partial charge in [-0.1, -0.05) is 11.2 Å². The number of amidine groups is 1. The van der Waals surface area contributed by atoms with Gasteiger partial charge in [0.15, 0.2) is 5.84 Å². The second-order valence-corrected chi connectivity index (χ2v) is 4.97. The zero-order valence-corrected chi connectivity index (χ0v) is 11.1. The van der Waals surface area contributed by atoms with Gasteiger partial charge in [-0.3, -0.25) is 4.79 Å². The van der Waals surface area contributed by atoms with E-state index in [-0.39, 0.29) is 11.7 Å². The van der Waals surface area contributed by atoms with Crippen LogP contribution in [0.3, 0.4) is 0 Å². The minimum Gasteiger partial charge on any atom is -0.409 e. The largest absolute Gasteiger partial charge is 0.409 e. The molecule has 0 atom stereocenters. The van der Waals surface area contributed by atoms with E-state index in [1.807, 2.05) is 43.3 Å². The summed E-state index contributed by atoms with van der Waals surface area (Å²) < 4.78 is 0. The average molecular weight is 262 g/mol. The van der Waals surface area contributed by atoms with E-state index in [1.165, 1.54) is 0 Å². The zero-order valence-electron chi connectivity index (χ0n) is 11.1. The highest BCUT2D eigenvalue weighted by molar-refractivity contribution is 6.14. The first-order valence-corrected chi connectivity index (χ1v) is 6.06. The molecule has 0 heterocycles. The van der Waals surface area contributed by atoms with Crippen LogP contribution in [0.4, 0.5) is 11.4 Å². The maximum atomic E-state index is 12.2. The molecule has 1 amide bonds. The van der Waals surface area contributed by atoms with Gasteiger partial charge in [0.05, 0.1) is 0 Å². The molecule has 0 aromatic heterocycles. The number of hydrogen-bond acceptors (Lipinski definition) is 4. The lowest BCUT2D eigenvalue weighted by atomic mass is 10.1. The third kappa shape index (κ3) is 2.47. The summed E-state index contributed by atoms with van der Waals surface area (Å²) in [5.41, 5.74) is 6.44. The SMILES string of the molecule is CN(C)c1cccc(NC(=O)C2(/C(N)=N/O)CC2)c1. The van der Waals surface area contributed by atoms with Gasteiger partial charge in [0.25, 0.3) is 0 Å². The van der Waals surface area contributed by atoms with E-state index in [0.717, 1.165) is 5.69 Å². The van der Waals surface area contributed by atoms with E-state index in [4.69, 9.17) is 10.9 Å². The van der Waals surface area contributed by atoms with Gasteiger partial charge in [-0.15, -0.1) is 0 Å². The molecule has 0 bridgehead atoms. The van der Waals surface area contributed by atoms with Crippen molar-refractivity contribution in [3.8, 4) is 0 Å². The van der Waals surface area contributed by atoms with Crippen LogP contribution in [0.15, 0.2) is 29.4 Å². The molecule has 1 aliphatic rings. The standard InChI is InChI=1S/C13H18N4O2/c1-17(2)10-5-3-4-9(8-10)15-12(18)13(6-7-13)11(14)16-19/h3-5,8,19H,6-7H2,1-2H3,(H2,14,16)(H,15,18). The second kappa shape index (κ2) is 4.79. The van der Waals surface area contributed by atoms with Crippen LogP contribution in [0.5, 0.6) is 0 Å². The number of carbonyl (C=O) groups excluding carboxylic acids is 1. The van der Waals surface area contributed by atoms with Crippen LogP contribution in [-0.2, 0) is 4.79 Å². The number of nitrogens with two attached hydrogens (primary N) is 1. The number of anilines is 2. The Morgan fingerprint density at radius 1 is 1.47 bits per heavy atom.